The van der Waals surface area contributed by atoms with Gasteiger partial charge in [0, 0.05) is 12.3 Å². The lowest BCUT2D eigenvalue weighted by Crippen LogP contribution is -2.38. The lowest BCUT2D eigenvalue weighted by Gasteiger charge is -2.29. The van der Waals surface area contributed by atoms with Crippen molar-refractivity contribution in [3.05, 3.63) is 80.2 Å². The highest BCUT2D eigenvalue weighted by atomic mass is 35.5. The van der Waals surface area contributed by atoms with Crippen LogP contribution in [0.15, 0.2) is 58.9 Å². The van der Waals surface area contributed by atoms with Crippen molar-refractivity contribution in [1.29, 1.82) is 0 Å². The predicted octanol–water partition coefficient (Wildman–Crippen LogP) is 5.04. The highest BCUT2D eigenvalue weighted by Crippen LogP contribution is 2.40. The van der Waals surface area contributed by atoms with E-state index in [9.17, 15) is 17.6 Å². The number of thiophene rings is 1. The maximum Gasteiger partial charge on any atom is 0.270 e. The third kappa shape index (κ3) is 4.29. The average molecular weight is 509 g/mol. The number of fused-ring (bicyclic) bond motifs is 1. The van der Waals surface area contributed by atoms with Crippen LogP contribution in [0.4, 0.5) is 15.8 Å². The maximum absolute atomic E-state index is 13.4. The third-order valence-electron chi connectivity index (χ3n) is 4.98. The van der Waals surface area contributed by atoms with Crippen LogP contribution in [0, 0.1) is 5.82 Å². The number of Topliss-reactive ketones (excluding diaryl/α,β-unsaturated/α-hetero) is 1. The van der Waals surface area contributed by atoms with Gasteiger partial charge in [-0.3, -0.25) is 9.10 Å². The number of ketones is 1. The summed E-state index contributed by atoms with van der Waals surface area (Å²) in [5.41, 5.74) is 1.21. The van der Waals surface area contributed by atoms with Gasteiger partial charge in [0.2, 0.25) is 5.78 Å². The molecule has 0 radical (unpaired) electrons. The predicted molar refractivity (Wildman–Crippen MR) is 126 cm³/mol. The fourth-order valence-corrected chi connectivity index (χ4v) is 6.05. The van der Waals surface area contributed by atoms with Crippen molar-refractivity contribution in [3.8, 4) is 11.5 Å². The zero-order valence-corrected chi connectivity index (χ0v) is 19.9. The summed E-state index contributed by atoms with van der Waals surface area (Å²) in [5, 5.41) is 4.75. The van der Waals surface area contributed by atoms with E-state index in [2.05, 4.69) is 5.32 Å². The Hall–Kier alpha value is -3.08. The van der Waals surface area contributed by atoms with E-state index in [-0.39, 0.29) is 17.3 Å². The number of benzene rings is 2. The molecule has 0 aliphatic carbocycles. The number of ether oxygens (including phenoxy) is 2. The summed E-state index contributed by atoms with van der Waals surface area (Å²) < 4.78 is 51.8. The summed E-state index contributed by atoms with van der Waals surface area (Å²) in [4.78, 5) is 12.9. The molecule has 0 bridgehead atoms. The number of hydrogen-bond donors (Lipinski definition) is 1. The summed E-state index contributed by atoms with van der Waals surface area (Å²) in [7, 11) is -1.33. The molecule has 2 aromatic carbocycles. The minimum absolute atomic E-state index is 0.0609. The first-order chi connectivity index (χ1) is 15.8. The molecule has 4 rings (SSSR count). The van der Waals surface area contributed by atoms with Gasteiger partial charge in [-0.15, -0.1) is 11.3 Å². The Morgan fingerprint density at radius 3 is 2.48 bits per heavy atom. The minimum atomic E-state index is -4.22. The van der Waals surface area contributed by atoms with Crippen LogP contribution in [0.1, 0.15) is 15.2 Å². The van der Waals surface area contributed by atoms with Crippen molar-refractivity contribution in [3.63, 3.8) is 0 Å². The molecule has 2 heterocycles. The number of carbonyl (C=O) groups is 1. The molecule has 0 atom stereocenters. The molecule has 33 heavy (non-hydrogen) atoms. The van der Waals surface area contributed by atoms with E-state index < -0.39 is 26.5 Å². The van der Waals surface area contributed by atoms with Crippen LogP contribution in [0.5, 0.6) is 11.5 Å². The molecule has 0 unspecified atom stereocenters. The lowest BCUT2D eigenvalue weighted by atomic mass is 10.2. The highest BCUT2D eigenvalue weighted by molar-refractivity contribution is 7.97. The molecule has 1 aliphatic heterocycles. The van der Waals surface area contributed by atoms with E-state index in [4.69, 9.17) is 21.1 Å². The smallest absolute Gasteiger partial charge is 0.270 e. The van der Waals surface area contributed by atoms with Crippen molar-refractivity contribution in [2.24, 2.45) is 0 Å². The van der Waals surface area contributed by atoms with Crippen LogP contribution < -0.4 is 19.1 Å². The van der Waals surface area contributed by atoms with Crippen molar-refractivity contribution >= 4 is 50.1 Å². The van der Waals surface area contributed by atoms with Gasteiger partial charge in [0.25, 0.3) is 10.0 Å². The Morgan fingerprint density at radius 1 is 1.12 bits per heavy atom. The van der Waals surface area contributed by atoms with E-state index in [1.807, 2.05) is 0 Å². The van der Waals surface area contributed by atoms with Crippen LogP contribution in [-0.4, -0.2) is 28.4 Å². The highest BCUT2D eigenvalue weighted by Gasteiger charge is 2.41. The van der Waals surface area contributed by atoms with Crippen LogP contribution in [0.2, 0.25) is 5.02 Å². The summed E-state index contributed by atoms with van der Waals surface area (Å²) in [6, 6.07) is 10.1. The molecule has 172 valence electrons. The van der Waals surface area contributed by atoms with Gasteiger partial charge in [-0.05, 0) is 35.2 Å². The van der Waals surface area contributed by atoms with Gasteiger partial charge < -0.3 is 14.8 Å². The molecule has 0 amide bonds. The molecule has 3 aromatic rings. The standard InChI is InChI=1S/C22H18ClFN2O5S2/c1-30-18-10-19(31-2)16(9-15(18)23)25-11-20-21(27)22-17(7-8-32-22)26(33(20,28)29)12-13-3-5-14(24)6-4-13/h3-11,25H,12H2,1-2H3/b20-11-. The Labute approximate surface area is 199 Å². The maximum atomic E-state index is 13.4. The zero-order chi connectivity index (χ0) is 23.8. The summed E-state index contributed by atoms with van der Waals surface area (Å²) in [6.07, 6.45) is 1.12. The number of rotatable bonds is 6. The Bertz CT molecular complexity index is 1350. The first-order valence-electron chi connectivity index (χ1n) is 9.54. The van der Waals surface area contributed by atoms with E-state index in [0.29, 0.717) is 27.6 Å². The van der Waals surface area contributed by atoms with Crippen molar-refractivity contribution in [2.45, 2.75) is 6.54 Å². The fraction of sp³-hybridized carbons (Fsp3) is 0.136. The summed E-state index contributed by atoms with van der Waals surface area (Å²) in [6.45, 7) is -0.0609. The van der Waals surface area contributed by atoms with Crippen molar-refractivity contribution < 1.29 is 27.1 Å². The van der Waals surface area contributed by atoms with Crippen LogP contribution in [0.3, 0.4) is 0 Å². The van der Waals surface area contributed by atoms with Gasteiger partial charge >= 0.3 is 0 Å². The van der Waals surface area contributed by atoms with Crippen molar-refractivity contribution in [2.75, 3.05) is 23.8 Å². The Kier molecular flexibility index (Phi) is 6.33. The quantitative estimate of drug-likeness (QED) is 0.469. The lowest BCUT2D eigenvalue weighted by molar-refractivity contribution is 0.104. The van der Waals surface area contributed by atoms with Crippen LogP contribution >= 0.6 is 22.9 Å². The SMILES string of the molecule is COc1cc(OC)c(N/C=C2/C(=O)c3sccc3N(Cc3ccc(F)cc3)S2(=O)=O)cc1Cl. The molecule has 7 nitrogen and oxygen atoms in total. The second-order valence-electron chi connectivity index (χ2n) is 6.94. The van der Waals surface area contributed by atoms with Crippen molar-refractivity contribution in [1.82, 2.24) is 0 Å². The minimum Gasteiger partial charge on any atom is -0.495 e. The van der Waals surface area contributed by atoms with E-state index >= 15 is 0 Å². The topological polar surface area (TPSA) is 84.9 Å². The molecular formula is C22H18ClFN2O5S2. The second kappa shape index (κ2) is 9.05. The molecule has 0 fully saturated rings. The number of allylic oxidation sites excluding steroid dienone is 1. The van der Waals surface area contributed by atoms with Gasteiger partial charge in [0.05, 0.1) is 37.2 Å². The largest absolute Gasteiger partial charge is 0.495 e. The first kappa shape index (κ1) is 23.1. The number of nitrogens with zero attached hydrogens (tertiary/aromatic N) is 1. The Morgan fingerprint density at radius 2 is 1.82 bits per heavy atom. The normalized spacial score (nSPS) is 15.9. The molecule has 0 saturated heterocycles. The molecule has 11 heteroatoms. The average Bonchev–Trinajstić information content (AvgIpc) is 3.27. The number of halogens is 2. The number of carbonyl (C=O) groups excluding carboxylic acids is 1. The number of hydrogen-bond acceptors (Lipinski definition) is 7. The van der Waals surface area contributed by atoms with E-state index in [0.717, 1.165) is 21.8 Å². The fourth-order valence-electron chi connectivity index (χ4n) is 3.33. The van der Waals surface area contributed by atoms with Gasteiger partial charge in [-0.2, -0.15) is 0 Å². The number of sulfonamides is 1. The molecular weight excluding hydrogens is 491 g/mol. The molecule has 0 saturated carbocycles. The molecule has 0 spiro atoms. The molecule has 1 aromatic heterocycles. The number of nitrogens with one attached hydrogen (secondary N) is 1. The summed E-state index contributed by atoms with van der Waals surface area (Å²) >= 11 is 7.33. The Balaban J connectivity index is 1.75. The summed E-state index contributed by atoms with van der Waals surface area (Å²) in [5.74, 6) is -0.333. The third-order valence-corrected chi connectivity index (χ3v) is 7.95. The molecule has 1 aliphatic rings. The van der Waals surface area contributed by atoms with Crippen LogP contribution in [-0.2, 0) is 16.6 Å². The zero-order valence-electron chi connectivity index (χ0n) is 17.5. The van der Waals surface area contributed by atoms with Gasteiger partial charge in [-0.25, -0.2) is 12.8 Å². The molecule has 1 N–H and O–H groups in total. The van der Waals surface area contributed by atoms with Gasteiger partial charge in [0.1, 0.15) is 22.2 Å². The van der Waals surface area contributed by atoms with E-state index in [1.165, 1.54) is 44.6 Å². The van der Waals surface area contributed by atoms with E-state index in [1.54, 1.807) is 17.5 Å². The van der Waals surface area contributed by atoms with Gasteiger partial charge in [-0.1, -0.05) is 23.7 Å². The first-order valence-corrected chi connectivity index (χ1v) is 12.2. The number of anilines is 2. The second-order valence-corrected chi connectivity index (χ2v) is 10.1. The van der Waals surface area contributed by atoms with Crippen LogP contribution in [0.25, 0.3) is 0 Å². The monoisotopic (exact) mass is 508 g/mol. The number of methoxy groups -OCH3 is 2. The van der Waals surface area contributed by atoms with Gasteiger partial charge in [0.15, 0.2) is 4.91 Å².